The molecule has 1 heterocycles. The van der Waals surface area contributed by atoms with Crippen molar-refractivity contribution in [3.63, 3.8) is 0 Å². The van der Waals surface area contributed by atoms with Gasteiger partial charge in [0.1, 0.15) is 21.6 Å². The van der Waals surface area contributed by atoms with E-state index in [1.165, 1.54) is 11.8 Å². The minimum atomic E-state index is -0.848. The predicted molar refractivity (Wildman–Crippen MR) is 93.8 cm³/mol. The van der Waals surface area contributed by atoms with Crippen LogP contribution >= 0.6 is 24.0 Å². The average Bonchev–Trinajstić information content (AvgIpc) is 2.99. The smallest absolute Gasteiger partial charge is 0.134 e. The molecule has 2 aromatic rings. The fraction of sp³-hybridized carbons (Fsp3) is 0.267. The number of thiocarbonyl (C=S) groups is 1. The number of furan rings is 1. The summed E-state index contributed by atoms with van der Waals surface area (Å²) in [7, 11) is 0. The molecule has 0 aliphatic heterocycles. The van der Waals surface area contributed by atoms with Gasteiger partial charge in [-0.25, -0.2) is 0 Å². The van der Waals surface area contributed by atoms with Crippen molar-refractivity contribution >= 4 is 39.5 Å². The standard InChI is InChI=1S/C15H17NO2S3/c17-21(12-13-5-2-1-3-6-13)10-9-20-15(19)16-11-14-7-4-8-18-14/h1-8H,9-12H2,(H,16,19). The monoisotopic (exact) mass is 339 g/mol. The highest BCUT2D eigenvalue weighted by atomic mass is 32.2. The van der Waals surface area contributed by atoms with Crippen LogP contribution < -0.4 is 5.32 Å². The molecule has 1 aromatic heterocycles. The van der Waals surface area contributed by atoms with Crippen LogP contribution in [0, 0.1) is 0 Å². The largest absolute Gasteiger partial charge is 0.616 e. The Morgan fingerprint density at radius 2 is 2.05 bits per heavy atom. The molecule has 0 fully saturated rings. The van der Waals surface area contributed by atoms with Gasteiger partial charge in [0.2, 0.25) is 0 Å². The van der Waals surface area contributed by atoms with Crippen molar-refractivity contribution in [2.45, 2.75) is 12.3 Å². The molecule has 1 N–H and O–H groups in total. The van der Waals surface area contributed by atoms with Gasteiger partial charge in [-0.05, 0) is 23.3 Å². The van der Waals surface area contributed by atoms with Crippen LogP contribution in [0.1, 0.15) is 11.3 Å². The molecule has 1 atom stereocenters. The van der Waals surface area contributed by atoms with Crippen molar-refractivity contribution in [1.29, 1.82) is 0 Å². The molecule has 1 unspecified atom stereocenters. The Morgan fingerprint density at radius 3 is 2.76 bits per heavy atom. The van der Waals surface area contributed by atoms with E-state index in [1.54, 1.807) is 6.26 Å². The maximum atomic E-state index is 12.0. The van der Waals surface area contributed by atoms with Crippen molar-refractivity contribution in [3.05, 3.63) is 60.1 Å². The highest BCUT2D eigenvalue weighted by Gasteiger charge is 2.08. The summed E-state index contributed by atoms with van der Waals surface area (Å²) >= 11 is 5.90. The first-order valence-electron chi connectivity index (χ1n) is 6.56. The van der Waals surface area contributed by atoms with E-state index in [9.17, 15) is 4.55 Å². The first kappa shape index (κ1) is 16.4. The maximum Gasteiger partial charge on any atom is 0.134 e. The fourth-order valence-corrected chi connectivity index (χ4v) is 4.15. The minimum Gasteiger partial charge on any atom is -0.616 e. The van der Waals surface area contributed by atoms with Crippen LogP contribution in [-0.4, -0.2) is 20.4 Å². The Bertz CT molecular complexity index is 531. The quantitative estimate of drug-likeness (QED) is 0.619. The molecule has 1 aromatic carbocycles. The molecule has 112 valence electrons. The van der Waals surface area contributed by atoms with Crippen LogP contribution in [-0.2, 0) is 23.5 Å². The second-order valence-corrected chi connectivity index (χ2v) is 7.69. The third-order valence-corrected chi connectivity index (χ3v) is 5.59. The topological polar surface area (TPSA) is 48.2 Å². The van der Waals surface area contributed by atoms with Crippen LogP contribution in [0.25, 0.3) is 0 Å². The van der Waals surface area contributed by atoms with Crippen molar-refractivity contribution < 1.29 is 8.97 Å². The van der Waals surface area contributed by atoms with Crippen molar-refractivity contribution in [3.8, 4) is 0 Å². The summed E-state index contributed by atoms with van der Waals surface area (Å²) < 4.78 is 17.9. The first-order valence-corrected chi connectivity index (χ1v) is 9.44. The summed E-state index contributed by atoms with van der Waals surface area (Å²) in [6.07, 6.45) is 1.64. The van der Waals surface area contributed by atoms with Gasteiger partial charge in [-0.2, -0.15) is 0 Å². The second-order valence-electron chi connectivity index (χ2n) is 4.34. The van der Waals surface area contributed by atoms with Gasteiger partial charge in [-0.15, -0.1) is 0 Å². The van der Waals surface area contributed by atoms with E-state index < -0.39 is 11.2 Å². The zero-order valence-electron chi connectivity index (χ0n) is 11.5. The molecule has 0 spiro atoms. The molecule has 0 saturated heterocycles. The summed E-state index contributed by atoms with van der Waals surface area (Å²) in [6, 6.07) is 13.6. The van der Waals surface area contributed by atoms with Crippen molar-refractivity contribution in [2.75, 3.05) is 11.5 Å². The lowest BCUT2D eigenvalue weighted by Gasteiger charge is -2.11. The van der Waals surface area contributed by atoms with E-state index in [2.05, 4.69) is 5.32 Å². The van der Waals surface area contributed by atoms with E-state index in [4.69, 9.17) is 16.6 Å². The lowest BCUT2D eigenvalue weighted by Crippen LogP contribution is -2.19. The van der Waals surface area contributed by atoms with Crippen molar-refractivity contribution in [1.82, 2.24) is 5.32 Å². The van der Waals surface area contributed by atoms with E-state index >= 15 is 0 Å². The number of thioether (sulfide) groups is 1. The number of benzene rings is 1. The molecule has 0 aliphatic rings. The summed E-state index contributed by atoms with van der Waals surface area (Å²) in [4.78, 5) is 0. The summed E-state index contributed by atoms with van der Waals surface area (Å²) in [5.74, 6) is 2.85. The van der Waals surface area contributed by atoms with Gasteiger partial charge in [0.05, 0.1) is 12.8 Å². The molecular formula is C15H17NO2S3. The van der Waals surface area contributed by atoms with Gasteiger partial charge in [0.15, 0.2) is 0 Å². The molecule has 6 heteroatoms. The summed E-state index contributed by atoms with van der Waals surface area (Å²) in [5, 5.41) is 3.11. The Kier molecular flexibility index (Phi) is 7.15. The molecular weight excluding hydrogens is 322 g/mol. The van der Waals surface area contributed by atoms with E-state index in [0.29, 0.717) is 22.4 Å². The number of hydrogen-bond donors (Lipinski definition) is 1. The van der Waals surface area contributed by atoms with Gasteiger partial charge in [0.25, 0.3) is 0 Å². The predicted octanol–water partition coefficient (Wildman–Crippen LogP) is 3.34. The molecule has 3 nitrogen and oxygen atoms in total. The van der Waals surface area contributed by atoms with Gasteiger partial charge in [-0.1, -0.05) is 54.3 Å². The highest BCUT2D eigenvalue weighted by Crippen LogP contribution is 2.10. The van der Waals surface area contributed by atoms with Gasteiger partial charge in [-0.3, -0.25) is 0 Å². The maximum absolute atomic E-state index is 12.0. The second kappa shape index (κ2) is 9.15. The lowest BCUT2D eigenvalue weighted by molar-refractivity contribution is 0.504. The fourth-order valence-electron chi connectivity index (χ4n) is 1.68. The molecule has 2 rings (SSSR count). The molecule has 0 bridgehead atoms. The number of hydrogen-bond acceptors (Lipinski definition) is 4. The Balaban J connectivity index is 1.59. The number of rotatable bonds is 7. The zero-order valence-corrected chi connectivity index (χ0v) is 13.9. The molecule has 0 saturated carbocycles. The average molecular weight is 340 g/mol. The van der Waals surface area contributed by atoms with Gasteiger partial charge < -0.3 is 14.3 Å². The van der Waals surface area contributed by atoms with Crippen LogP contribution in [0.5, 0.6) is 0 Å². The third-order valence-electron chi connectivity index (χ3n) is 2.70. The molecule has 0 aliphatic carbocycles. The molecule has 21 heavy (non-hydrogen) atoms. The third kappa shape index (κ3) is 6.56. The molecule has 0 radical (unpaired) electrons. The summed E-state index contributed by atoms with van der Waals surface area (Å²) in [5.41, 5.74) is 1.11. The van der Waals surface area contributed by atoms with Crippen LogP contribution in [0.15, 0.2) is 53.1 Å². The van der Waals surface area contributed by atoms with Crippen LogP contribution in [0.2, 0.25) is 0 Å². The molecule has 0 amide bonds. The number of nitrogens with one attached hydrogen (secondary N) is 1. The normalized spacial score (nSPS) is 12.0. The minimum absolute atomic E-state index is 0.589. The Hall–Kier alpha value is -0.950. The lowest BCUT2D eigenvalue weighted by atomic mass is 10.2. The van der Waals surface area contributed by atoms with E-state index in [-0.39, 0.29) is 0 Å². The highest BCUT2D eigenvalue weighted by molar-refractivity contribution is 8.23. The van der Waals surface area contributed by atoms with E-state index in [1.807, 2.05) is 42.5 Å². The van der Waals surface area contributed by atoms with Crippen LogP contribution in [0.3, 0.4) is 0 Å². The summed E-state index contributed by atoms with van der Waals surface area (Å²) in [6.45, 7) is 0.589. The van der Waals surface area contributed by atoms with Crippen molar-refractivity contribution in [2.24, 2.45) is 0 Å². The first-order chi connectivity index (χ1) is 10.2. The van der Waals surface area contributed by atoms with Gasteiger partial charge in [0, 0.05) is 11.3 Å². The van der Waals surface area contributed by atoms with Gasteiger partial charge >= 0.3 is 0 Å². The Labute approximate surface area is 137 Å². The Morgan fingerprint density at radius 1 is 1.24 bits per heavy atom. The van der Waals surface area contributed by atoms with Crippen LogP contribution in [0.4, 0.5) is 0 Å². The SMILES string of the molecule is [O-][S+](CCSC(=S)NCc1ccco1)Cc1ccccc1. The van der Waals surface area contributed by atoms with E-state index in [0.717, 1.165) is 17.1 Å². The zero-order chi connectivity index (χ0) is 14.9.